The van der Waals surface area contributed by atoms with Crippen molar-refractivity contribution in [2.45, 2.75) is 0 Å². The Hall–Kier alpha value is -1.19. The second-order valence-electron chi connectivity index (χ2n) is 5.09. The Morgan fingerprint density at radius 1 is 0.875 bits per heavy atom. The maximum absolute atomic E-state index is 4.71. The molecule has 118 valence electrons. The Labute approximate surface area is 178 Å². The zero-order valence-electron chi connectivity index (χ0n) is 13.0. The first-order valence-electron chi connectivity index (χ1n) is 6.88. The summed E-state index contributed by atoms with van der Waals surface area (Å²) in [5, 5.41) is 3.42. The van der Waals surface area contributed by atoms with Crippen LogP contribution < -0.4 is 0 Å². The van der Waals surface area contributed by atoms with E-state index >= 15 is 0 Å². The molecule has 2 aromatic carbocycles. The molecule has 5 rings (SSSR count). The van der Waals surface area contributed by atoms with Crippen molar-refractivity contribution in [1.82, 2.24) is 14.4 Å². The first-order chi connectivity index (χ1) is 10.4. The zero-order valence-corrected chi connectivity index (χ0v) is 18.3. The van der Waals surface area contributed by atoms with Crippen LogP contribution in [0, 0.1) is 13.5 Å². The van der Waals surface area contributed by atoms with E-state index in [-0.39, 0.29) is 60.2 Å². The fourth-order valence-corrected chi connectivity index (χ4v) is 3.07. The molecule has 3 nitrogen and oxygen atoms in total. The van der Waals surface area contributed by atoms with Gasteiger partial charge in [-0.05, 0) is 23.6 Å². The molecule has 0 saturated carbocycles. The molecule has 0 saturated heterocycles. The Morgan fingerprint density at radius 3 is 2.50 bits per heavy atom. The summed E-state index contributed by atoms with van der Waals surface area (Å²) in [5.74, 6) is 0. The molecule has 0 unspecified atom stereocenters. The number of aromatic nitrogens is 3. The van der Waals surface area contributed by atoms with E-state index in [4.69, 9.17) is 4.98 Å². The van der Waals surface area contributed by atoms with Gasteiger partial charge in [0.05, 0.1) is 11.2 Å². The van der Waals surface area contributed by atoms with Gasteiger partial charge in [-0.1, -0.05) is 23.6 Å². The summed E-state index contributed by atoms with van der Waals surface area (Å²) in [5.41, 5.74) is 3.86. The van der Waals surface area contributed by atoms with Gasteiger partial charge in [-0.2, -0.15) is 0 Å². The third-order valence-electron chi connectivity index (χ3n) is 3.95. The van der Waals surface area contributed by atoms with Crippen LogP contribution in [0.2, 0.25) is 0 Å². The van der Waals surface area contributed by atoms with Crippen molar-refractivity contribution in [2.24, 2.45) is 0 Å². The van der Waals surface area contributed by atoms with Gasteiger partial charge < -0.3 is 11.8 Å². The van der Waals surface area contributed by atoms with Crippen molar-refractivity contribution in [2.75, 3.05) is 0 Å². The maximum atomic E-state index is 4.71. The summed E-state index contributed by atoms with van der Waals surface area (Å²) in [6.07, 6.45) is 1.78. The molecule has 0 aliphatic heterocycles. The van der Waals surface area contributed by atoms with E-state index in [1.807, 2.05) is 18.2 Å². The monoisotopic (exact) mass is 565 g/mol. The summed E-state index contributed by atoms with van der Waals surface area (Å²) >= 11 is 0. The number of benzene rings is 2. The number of imidazole rings is 1. The van der Waals surface area contributed by atoms with Crippen LogP contribution in [0.4, 0.5) is 0 Å². The first-order valence-corrected chi connectivity index (χ1v) is 6.88. The van der Waals surface area contributed by atoms with Crippen molar-refractivity contribution in [1.29, 1.82) is 0 Å². The predicted molar refractivity (Wildman–Crippen MR) is 90.8 cm³/mol. The Morgan fingerprint density at radius 2 is 1.62 bits per heavy atom. The SMILES string of the molecule is [CH3-].[Ir].[Y].[c-]1cccc2c1c1nc3ncccc3n1c1ccccc21. The van der Waals surface area contributed by atoms with Gasteiger partial charge in [0.25, 0.3) is 0 Å². The number of hydrogen-bond acceptors (Lipinski definition) is 2. The molecule has 3 aromatic heterocycles. The average molecular weight is 564 g/mol. The zero-order chi connectivity index (χ0) is 13.8. The largest absolute Gasteiger partial charge is 0.358 e. The van der Waals surface area contributed by atoms with Gasteiger partial charge in [-0.3, -0.25) is 4.98 Å². The third-order valence-corrected chi connectivity index (χ3v) is 3.95. The van der Waals surface area contributed by atoms with Gasteiger partial charge in [0.15, 0.2) is 5.65 Å². The number of fused-ring (bicyclic) bond motifs is 8. The van der Waals surface area contributed by atoms with Gasteiger partial charge in [-0.25, -0.2) is 4.98 Å². The summed E-state index contributed by atoms with van der Waals surface area (Å²) < 4.78 is 2.18. The van der Waals surface area contributed by atoms with E-state index in [0.717, 1.165) is 27.7 Å². The van der Waals surface area contributed by atoms with E-state index in [1.54, 1.807) is 6.20 Å². The smallest absolute Gasteiger partial charge is 0.168 e. The molecule has 24 heavy (non-hydrogen) atoms. The van der Waals surface area contributed by atoms with Crippen molar-refractivity contribution >= 4 is 38.5 Å². The first kappa shape index (κ1) is 19.1. The van der Waals surface area contributed by atoms with Crippen LogP contribution in [0.15, 0.2) is 60.8 Å². The third kappa shape index (κ3) is 2.62. The second kappa shape index (κ2) is 7.37. The molecular formula is C19H13IrN3Y-2. The average Bonchev–Trinajstić information content (AvgIpc) is 2.95. The number of hydrogen-bond donors (Lipinski definition) is 0. The Kier molecular flexibility index (Phi) is 5.88. The van der Waals surface area contributed by atoms with Gasteiger partial charge >= 0.3 is 0 Å². The molecule has 0 atom stereocenters. The van der Waals surface area contributed by atoms with Gasteiger partial charge in [0.2, 0.25) is 0 Å². The molecule has 0 bridgehead atoms. The predicted octanol–water partition coefficient (Wildman–Crippen LogP) is 4.43. The maximum Gasteiger partial charge on any atom is 0.168 e. The van der Waals surface area contributed by atoms with Crippen molar-refractivity contribution in [3.8, 4) is 0 Å². The minimum absolute atomic E-state index is 0. The Bertz CT molecular complexity index is 1150. The van der Waals surface area contributed by atoms with Crippen molar-refractivity contribution < 1.29 is 52.8 Å². The molecule has 0 N–H and O–H groups in total. The molecular weight excluding hydrogens is 551 g/mol. The van der Waals surface area contributed by atoms with Gasteiger partial charge in [-0.15, -0.1) is 29.7 Å². The molecule has 2 radical (unpaired) electrons. The number of para-hydroxylation sites is 1. The molecule has 5 aromatic rings. The summed E-state index contributed by atoms with van der Waals surface area (Å²) in [7, 11) is 0. The van der Waals surface area contributed by atoms with Crippen LogP contribution in [-0.4, -0.2) is 14.4 Å². The topological polar surface area (TPSA) is 30.2 Å². The minimum atomic E-state index is 0. The molecule has 5 heteroatoms. The van der Waals surface area contributed by atoms with Crippen LogP contribution in [0.25, 0.3) is 38.5 Å². The fraction of sp³-hybridized carbons (Fsp3) is 0. The van der Waals surface area contributed by atoms with Crippen molar-refractivity contribution in [3.63, 3.8) is 0 Å². The normalized spacial score (nSPS) is 10.3. The van der Waals surface area contributed by atoms with Crippen LogP contribution in [0.3, 0.4) is 0 Å². The van der Waals surface area contributed by atoms with Gasteiger partial charge in [0, 0.05) is 64.5 Å². The second-order valence-corrected chi connectivity index (χ2v) is 5.09. The van der Waals surface area contributed by atoms with Gasteiger partial charge in [0.1, 0.15) is 0 Å². The van der Waals surface area contributed by atoms with E-state index in [2.05, 4.69) is 51.8 Å². The molecule has 0 spiro atoms. The fourth-order valence-electron chi connectivity index (χ4n) is 3.07. The van der Waals surface area contributed by atoms with E-state index in [1.165, 1.54) is 10.8 Å². The molecule has 0 aliphatic rings. The molecule has 0 fully saturated rings. The number of nitrogens with zero attached hydrogens (tertiary/aromatic N) is 3. The van der Waals surface area contributed by atoms with E-state index < -0.39 is 0 Å². The van der Waals surface area contributed by atoms with Crippen LogP contribution in [0.1, 0.15) is 0 Å². The van der Waals surface area contributed by atoms with Crippen LogP contribution in [0.5, 0.6) is 0 Å². The summed E-state index contributed by atoms with van der Waals surface area (Å²) in [6.45, 7) is 0. The summed E-state index contributed by atoms with van der Waals surface area (Å²) in [4.78, 5) is 9.10. The number of rotatable bonds is 0. The van der Waals surface area contributed by atoms with Crippen molar-refractivity contribution in [3.05, 3.63) is 74.3 Å². The quantitative estimate of drug-likeness (QED) is 0.206. The molecule has 0 aliphatic carbocycles. The standard InChI is InChI=1S/C18H10N3.CH3.Ir.Y/c1-2-8-14-12(6-1)13-7-3-4-9-15(13)21-16-10-5-11-19-17(16)20-18(14)21;;;/h1-7,9-11H;1H3;;/q2*-1;;. The van der Waals surface area contributed by atoms with Crippen LogP contribution in [-0.2, 0) is 52.8 Å². The van der Waals surface area contributed by atoms with E-state index in [0.29, 0.717) is 0 Å². The Balaban J connectivity index is 0.000000694. The minimum Gasteiger partial charge on any atom is -0.358 e. The number of pyridine rings is 2. The van der Waals surface area contributed by atoms with E-state index in [9.17, 15) is 0 Å². The molecule has 0 amide bonds. The summed E-state index contributed by atoms with van der Waals surface area (Å²) in [6, 6.07) is 21.8. The van der Waals surface area contributed by atoms with Crippen LogP contribution >= 0.6 is 0 Å². The molecule has 3 heterocycles.